The average molecular weight is 265 g/mol. The molecule has 0 spiro atoms. The van der Waals surface area contributed by atoms with Crippen molar-refractivity contribution in [1.29, 1.82) is 0 Å². The van der Waals surface area contributed by atoms with Crippen LogP contribution in [0, 0.1) is 0 Å². The number of nitrogens with one attached hydrogen (secondary N) is 1. The molecule has 1 amide bonds. The van der Waals surface area contributed by atoms with E-state index in [1.165, 1.54) is 0 Å². The molecule has 1 aromatic carbocycles. The Kier molecular flexibility index (Phi) is 5.83. The highest BCUT2D eigenvalue weighted by molar-refractivity contribution is 5.87. The second kappa shape index (κ2) is 7.14. The van der Waals surface area contributed by atoms with Gasteiger partial charge in [0.25, 0.3) is 0 Å². The Morgan fingerprint density at radius 3 is 2.37 bits per heavy atom. The standard InChI is InChI=1S/C15H23NO3/c1-15(2,14(17)16-10-5-11-18-3)12-6-8-13(19-4)9-7-12/h6-9H,5,10-11H2,1-4H3,(H,16,17). The molecule has 0 aliphatic carbocycles. The third-order valence-corrected chi connectivity index (χ3v) is 3.19. The lowest BCUT2D eigenvalue weighted by Crippen LogP contribution is -2.40. The van der Waals surface area contributed by atoms with Crippen molar-refractivity contribution < 1.29 is 14.3 Å². The molecule has 4 heteroatoms. The zero-order chi connectivity index (χ0) is 14.3. The smallest absolute Gasteiger partial charge is 0.230 e. The first-order valence-electron chi connectivity index (χ1n) is 6.44. The van der Waals surface area contributed by atoms with E-state index in [9.17, 15) is 4.79 Å². The highest BCUT2D eigenvalue weighted by atomic mass is 16.5. The maximum Gasteiger partial charge on any atom is 0.230 e. The van der Waals surface area contributed by atoms with Crippen LogP contribution in [0.15, 0.2) is 24.3 Å². The minimum absolute atomic E-state index is 0.0220. The van der Waals surface area contributed by atoms with Crippen LogP contribution >= 0.6 is 0 Å². The zero-order valence-corrected chi connectivity index (χ0v) is 12.2. The van der Waals surface area contributed by atoms with Crippen LogP contribution in [0.4, 0.5) is 0 Å². The topological polar surface area (TPSA) is 47.6 Å². The average Bonchev–Trinajstić information content (AvgIpc) is 2.43. The van der Waals surface area contributed by atoms with Crippen molar-refractivity contribution in [3.8, 4) is 5.75 Å². The number of carbonyl (C=O) groups is 1. The number of rotatable bonds is 7. The number of hydrogen-bond acceptors (Lipinski definition) is 3. The summed E-state index contributed by atoms with van der Waals surface area (Å²) in [6, 6.07) is 7.59. The largest absolute Gasteiger partial charge is 0.497 e. The summed E-state index contributed by atoms with van der Waals surface area (Å²) >= 11 is 0. The monoisotopic (exact) mass is 265 g/mol. The van der Waals surface area contributed by atoms with Gasteiger partial charge in [0.15, 0.2) is 0 Å². The Hall–Kier alpha value is -1.55. The van der Waals surface area contributed by atoms with Gasteiger partial charge in [0.1, 0.15) is 5.75 Å². The summed E-state index contributed by atoms with van der Waals surface area (Å²) in [5.41, 5.74) is 0.414. The Bertz CT molecular complexity index is 398. The Morgan fingerprint density at radius 1 is 1.21 bits per heavy atom. The van der Waals surface area contributed by atoms with Crippen LogP contribution < -0.4 is 10.1 Å². The van der Waals surface area contributed by atoms with Gasteiger partial charge in [0.2, 0.25) is 5.91 Å². The predicted molar refractivity (Wildman–Crippen MR) is 75.5 cm³/mol. The van der Waals surface area contributed by atoms with E-state index in [2.05, 4.69) is 5.32 Å². The lowest BCUT2D eigenvalue weighted by atomic mass is 9.83. The molecule has 0 aliphatic rings. The molecule has 0 radical (unpaired) electrons. The van der Waals surface area contributed by atoms with Crippen molar-refractivity contribution in [2.45, 2.75) is 25.7 Å². The second-order valence-corrected chi connectivity index (χ2v) is 4.96. The van der Waals surface area contributed by atoms with E-state index in [1.807, 2.05) is 38.1 Å². The fourth-order valence-corrected chi connectivity index (χ4v) is 1.78. The maximum absolute atomic E-state index is 12.2. The lowest BCUT2D eigenvalue weighted by Gasteiger charge is -2.24. The molecule has 0 saturated heterocycles. The molecule has 0 fully saturated rings. The highest BCUT2D eigenvalue weighted by Crippen LogP contribution is 2.25. The van der Waals surface area contributed by atoms with Crippen LogP contribution in [0.1, 0.15) is 25.8 Å². The molecular weight excluding hydrogens is 242 g/mol. The SMILES string of the molecule is COCCCNC(=O)C(C)(C)c1ccc(OC)cc1. The second-order valence-electron chi connectivity index (χ2n) is 4.96. The van der Waals surface area contributed by atoms with Crippen LogP contribution in [0.2, 0.25) is 0 Å². The fourth-order valence-electron chi connectivity index (χ4n) is 1.78. The molecule has 4 nitrogen and oxygen atoms in total. The summed E-state index contributed by atoms with van der Waals surface area (Å²) < 4.78 is 10.1. The van der Waals surface area contributed by atoms with Gasteiger partial charge in [-0.3, -0.25) is 4.79 Å². The van der Waals surface area contributed by atoms with Crippen molar-refractivity contribution in [1.82, 2.24) is 5.32 Å². The summed E-state index contributed by atoms with van der Waals surface area (Å²) in [5, 5.41) is 2.93. The summed E-state index contributed by atoms with van der Waals surface area (Å²) in [4.78, 5) is 12.2. The van der Waals surface area contributed by atoms with Crippen molar-refractivity contribution in [3.63, 3.8) is 0 Å². The first kappa shape index (κ1) is 15.5. The molecule has 0 bridgehead atoms. The molecule has 0 unspecified atom stereocenters. The molecule has 0 saturated carbocycles. The van der Waals surface area contributed by atoms with Gasteiger partial charge in [0.05, 0.1) is 12.5 Å². The van der Waals surface area contributed by atoms with Crippen molar-refractivity contribution in [3.05, 3.63) is 29.8 Å². The van der Waals surface area contributed by atoms with E-state index in [4.69, 9.17) is 9.47 Å². The zero-order valence-electron chi connectivity index (χ0n) is 12.2. The summed E-state index contributed by atoms with van der Waals surface area (Å²) in [5.74, 6) is 0.814. The predicted octanol–water partition coefficient (Wildman–Crippen LogP) is 2.13. The Morgan fingerprint density at radius 2 is 1.84 bits per heavy atom. The maximum atomic E-state index is 12.2. The van der Waals surface area contributed by atoms with Crippen molar-refractivity contribution in [2.75, 3.05) is 27.4 Å². The van der Waals surface area contributed by atoms with E-state index >= 15 is 0 Å². The first-order valence-corrected chi connectivity index (χ1v) is 6.44. The van der Waals surface area contributed by atoms with Gasteiger partial charge in [-0.1, -0.05) is 12.1 Å². The number of benzene rings is 1. The molecule has 1 aromatic rings. The van der Waals surface area contributed by atoms with Crippen LogP contribution in [0.25, 0.3) is 0 Å². The summed E-state index contributed by atoms with van der Waals surface area (Å²) in [6.07, 6.45) is 0.820. The highest BCUT2D eigenvalue weighted by Gasteiger charge is 2.29. The third kappa shape index (κ3) is 4.24. The van der Waals surface area contributed by atoms with E-state index in [-0.39, 0.29) is 5.91 Å². The fraction of sp³-hybridized carbons (Fsp3) is 0.533. The van der Waals surface area contributed by atoms with Crippen LogP contribution in [-0.2, 0) is 14.9 Å². The molecule has 0 atom stereocenters. The van der Waals surface area contributed by atoms with E-state index in [0.29, 0.717) is 13.2 Å². The van der Waals surface area contributed by atoms with Gasteiger partial charge in [0, 0.05) is 20.3 Å². The number of methoxy groups -OCH3 is 2. The molecule has 106 valence electrons. The van der Waals surface area contributed by atoms with Gasteiger partial charge >= 0.3 is 0 Å². The minimum Gasteiger partial charge on any atom is -0.497 e. The number of carbonyl (C=O) groups excluding carboxylic acids is 1. The molecule has 0 heterocycles. The minimum atomic E-state index is -0.556. The van der Waals surface area contributed by atoms with Gasteiger partial charge in [-0.05, 0) is 38.0 Å². The van der Waals surface area contributed by atoms with Crippen LogP contribution in [0.5, 0.6) is 5.75 Å². The quantitative estimate of drug-likeness (QED) is 0.768. The molecule has 1 N–H and O–H groups in total. The normalized spacial score (nSPS) is 11.2. The van der Waals surface area contributed by atoms with Crippen LogP contribution in [0.3, 0.4) is 0 Å². The summed E-state index contributed by atoms with van der Waals surface area (Å²) in [6.45, 7) is 5.12. The number of ether oxygens (including phenoxy) is 2. The van der Waals surface area contributed by atoms with Crippen molar-refractivity contribution in [2.24, 2.45) is 0 Å². The lowest BCUT2D eigenvalue weighted by molar-refractivity contribution is -0.125. The van der Waals surface area contributed by atoms with E-state index in [1.54, 1.807) is 14.2 Å². The van der Waals surface area contributed by atoms with Crippen molar-refractivity contribution >= 4 is 5.91 Å². The number of hydrogen-bond donors (Lipinski definition) is 1. The Balaban J connectivity index is 2.64. The van der Waals surface area contributed by atoms with Gasteiger partial charge < -0.3 is 14.8 Å². The van der Waals surface area contributed by atoms with E-state index < -0.39 is 5.41 Å². The van der Waals surface area contributed by atoms with Gasteiger partial charge in [-0.2, -0.15) is 0 Å². The molecular formula is C15H23NO3. The molecule has 0 aromatic heterocycles. The molecule has 0 aliphatic heterocycles. The summed E-state index contributed by atoms with van der Waals surface area (Å²) in [7, 11) is 3.28. The molecule has 1 rings (SSSR count). The van der Waals surface area contributed by atoms with Gasteiger partial charge in [-0.25, -0.2) is 0 Å². The van der Waals surface area contributed by atoms with Gasteiger partial charge in [-0.15, -0.1) is 0 Å². The first-order chi connectivity index (χ1) is 9.02. The molecule has 19 heavy (non-hydrogen) atoms. The van der Waals surface area contributed by atoms with E-state index in [0.717, 1.165) is 17.7 Å². The third-order valence-electron chi connectivity index (χ3n) is 3.19. The van der Waals surface area contributed by atoms with Crippen LogP contribution in [-0.4, -0.2) is 33.3 Å². The Labute approximate surface area is 115 Å². The number of amides is 1.